The maximum Gasteiger partial charge on any atom is 0.0257 e. The number of nitrogens with zero attached hydrogens (tertiary/aromatic N) is 3. The third-order valence-corrected chi connectivity index (χ3v) is 1.52. The molecule has 0 amide bonds. The summed E-state index contributed by atoms with van der Waals surface area (Å²) in [6.07, 6.45) is 3.32. The largest absolute Gasteiger partial charge is 0.0940 e. The topological polar surface area (TPSA) is 48.8 Å². The lowest BCUT2D eigenvalue weighted by Crippen LogP contribution is -1.80. The van der Waals surface area contributed by atoms with Gasteiger partial charge in [0, 0.05) is 16.8 Å². The summed E-state index contributed by atoms with van der Waals surface area (Å²) >= 11 is 3.32. The first-order valence-corrected chi connectivity index (χ1v) is 4.10. The van der Waals surface area contributed by atoms with Crippen LogP contribution in [0.5, 0.6) is 0 Å². The molecular weight excluding hydrogens is 182 g/mol. The fourth-order valence-electron chi connectivity index (χ4n) is 0.499. The summed E-state index contributed by atoms with van der Waals surface area (Å²) in [6.45, 7) is 0.642. The van der Waals surface area contributed by atoms with E-state index in [0.717, 1.165) is 18.2 Å². The van der Waals surface area contributed by atoms with Crippen LogP contribution in [0.4, 0.5) is 0 Å². The van der Waals surface area contributed by atoms with Gasteiger partial charge in [-0.25, -0.2) is 0 Å². The fraction of sp³-hybridized carbons (Fsp3) is 1.00. The standard InChI is InChI=1S/C5H10BrN3/c6-4-2-1-3-5-8-9-7/h1-5H2. The van der Waals surface area contributed by atoms with Crippen molar-refractivity contribution in [3.8, 4) is 0 Å². The Morgan fingerprint density at radius 2 is 2.11 bits per heavy atom. The van der Waals surface area contributed by atoms with Gasteiger partial charge >= 0.3 is 0 Å². The molecule has 0 aromatic rings. The van der Waals surface area contributed by atoms with E-state index in [0.29, 0.717) is 6.54 Å². The van der Waals surface area contributed by atoms with Gasteiger partial charge in [0.2, 0.25) is 0 Å². The van der Waals surface area contributed by atoms with Crippen LogP contribution in [0.15, 0.2) is 5.11 Å². The Bertz CT molecular complexity index is 98.4. The average Bonchev–Trinajstić information content (AvgIpc) is 1.89. The predicted molar refractivity (Wildman–Crippen MR) is 41.7 cm³/mol. The summed E-state index contributed by atoms with van der Waals surface area (Å²) in [5.74, 6) is 0. The van der Waals surface area contributed by atoms with Gasteiger partial charge in [0.05, 0.1) is 0 Å². The second kappa shape index (κ2) is 7.79. The summed E-state index contributed by atoms with van der Waals surface area (Å²) in [6, 6.07) is 0. The van der Waals surface area contributed by atoms with Gasteiger partial charge in [-0.2, -0.15) is 0 Å². The molecule has 52 valence electrons. The summed E-state index contributed by atoms with van der Waals surface area (Å²) in [5, 5.41) is 4.45. The third-order valence-electron chi connectivity index (χ3n) is 0.955. The minimum atomic E-state index is 0.642. The van der Waals surface area contributed by atoms with Gasteiger partial charge in [-0.15, -0.1) is 0 Å². The van der Waals surface area contributed by atoms with E-state index >= 15 is 0 Å². The van der Waals surface area contributed by atoms with Gasteiger partial charge in [-0.1, -0.05) is 27.5 Å². The van der Waals surface area contributed by atoms with Crippen molar-refractivity contribution in [1.82, 2.24) is 0 Å². The number of rotatable bonds is 5. The SMILES string of the molecule is [N-]=[N+]=NCCCCCBr. The van der Waals surface area contributed by atoms with Crippen molar-refractivity contribution in [3.05, 3.63) is 10.4 Å². The molecule has 0 N–H and O–H groups in total. The summed E-state index contributed by atoms with van der Waals surface area (Å²) in [5.41, 5.74) is 7.87. The van der Waals surface area contributed by atoms with Crippen molar-refractivity contribution < 1.29 is 0 Å². The third kappa shape index (κ3) is 7.79. The van der Waals surface area contributed by atoms with Crippen molar-refractivity contribution in [2.45, 2.75) is 19.3 Å². The predicted octanol–water partition coefficient (Wildman–Crippen LogP) is 2.86. The summed E-state index contributed by atoms with van der Waals surface area (Å²) in [4.78, 5) is 2.65. The summed E-state index contributed by atoms with van der Waals surface area (Å²) in [7, 11) is 0. The first-order valence-electron chi connectivity index (χ1n) is 2.98. The number of halogens is 1. The Labute approximate surface area is 63.2 Å². The Kier molecular flexibility index (Phi) is 7.61. The lowest BCUT2D eigenvalue weighted by atomic mass is 10.3. The van der Waals surface area contributed by atoms with Crippen molar-refractivity contribution >= 4 is 15.9 Å². The molecule has 0 heterocycles. The van der Waals surface area contributed by atoms with E-state index in [-0.39, 0.29) is 0 Å². The van der Waals surface area contributed by atoms with Crippen molar-refractivity contribution in [1.29, 1.82) is 0 Å². The van der Waals surface area contributed by atoms with Crippen LogP contribution in [0.25, 0.3) is 10.4 Å². The van der Waals surface area contributed by atoms with Gasteiger partial charge in [0.15, 0.2) is 0 Å². The number of alkyl halides is 1. The van der Waals surface area contributed by atoms with Crippen LogP contribution in [-0.2, 0) is 0 Å². The summed E-state index contributed by atoms with van der Waals surface area (Å²) < 4.78 is 0. The molecule has 0 radical (unpaired) electrons. The van der Waals surface area contributed by atoms with Crippen LogP contribution in [0.1, 0.15) is 19.3 Å². The zero-order valence-corrected chi connectivity index (χ0v) is 6.84. The molecule has 0 aromatic heterocycles. The quantitative estimate of drug-likeness (QED) is 0.211. The minimum Gasteiger partial charge on any atom is -0.0940 e. The number of azide groups is 1. The smallest absolute Gasteiger partial charge is 0.0257 e. The molecule has 0 aromatic carbocycles. The van der Waals surface area contributed by atoms with E-state index in [1.165, 1.54) is 6.42 Å². The van der Waals surface area contributed by atoms with Crippen molar-refractivity contribution in [2.24, 2.45) is 5.11 Å². The maximum atomic E-state index is 7.87. The molecule has 9 heavy (non-hydrogen) atoms. The van der Waals surface area contributed by atoms with Gasteiger partial charge in [-0.3, -0.25) is 0 Å². The number of hydrogen-bond acceptors (Lipinski definition) is 1. The van der Waals surface area contributed by atoms with Crippen molar-refractivity contribution in [3.63, 3.8) is 0 Å². The molecule has 0 saturated carbocycles. The number of hydrogen-bond donors (Lipinski definition) is 0. The Balaban J connectivity index is 2.82. The molecule has 0 saturated heterocycles. The highest BCUT2D eigenvalue weighted by molar-refractivity contribution is 9.09. The van der Waals surface area contributed by atoms with Crippen LogP contribution < -0.4 is 0 Å². The first-order chi connectivity index (χ1) is 4.41. The normalized spacial score (nSPS) is 8.56. The van der Waals surface area contributed by atoms with E-state index in [4.69, 9.17) is 5.53 Å². The lowest BCUT2D eigenvalue weighted by Gasteiger charge is -1.90. The van der Waals surface area contributed by atoms with Crippen LogP contribution in [-0.4, -0.2) is 11.9 Å². The fourth-order valence-corrected chi connectivity index (χ4v) is 0.895. The molecule has 4 heteroatoms. The highest BCUT2D eigenvalue weighted by Crippen LogP contribution is 1.97. The Morgan fingerprint density at radius 1 is 1.33 bits per heavy atom. The molecule has 0 bridgehead atoms. The van der Waals surface area contributed by atoms with Gasteiger partial charge < -0.3 is 0 Å². The second-order valence-electron chi connectivity index (χ2n) is 1.70. The van der Waals surface area contributed by atoms with E-state index in [1.807, 2.05) is 0 Å². The van der Waals surface area contributed by atoms with Crippen LogP contribution in [0.3, 0.4) is 0 Å². The van der Waals surface area contributed by atoms with Crippen LogP contribution in [0.2, 0.25) is 0 Å². The molecule has 3 nitrogen and oxygen atoms in total. The molecule has 0 atom stereocenters. The van der Waals surface area contributed by atoms with Gasteiger partial charge in [-0.05, 0) is 18.4 Å². The molecule has 0 aliphatic carbocycles. The minimum absolute atomic E-state index is 0.642. The Hall–Kier alpha value is -0.210. The lowest BCUT2D eigenvalue weighted by molar-refractivity contribution is 0.732. The molecule has 0 rings (SSSR count). The molecule has 0 aliphatic rings. The van der Waals surface area contributed by atoms with Gasteiger partial charge in [0.1, 0.15) is 0 Å². The highest BCUT2D eigenvalue weighted by Gasteiger charge is 1.83. The first kappa shape index (κ1) is 8.79. The molecule has 0 fully saturated rings. The number of unbranched alkanes of at least 4 members (excludes halogenated alkanes) is 2. The molecule has 0 aliphatic heterocycles. The second-order valence-corrected chi connectivity index (χ2v) is 2.50. The Morgan fingerprint density at radius 3 is 2.67 bits per heavy atom. The monoisotopic (exact) mass is 191 g/mol. The zero-order valence-electron chi connectivity index (χ0n) is 5.26. The highest BCUT2D eigenvalue weighted by atomic mass is 79.9. The van der Waals surface area contributed by atoms with Crippen LogP contribution >= 0.6 is 15.9 Å². The van der Waals surface area contributed by atoms with E-state index in [1.54, 1.807) is 0 Å². The van der Waals surface area contributed by atoms with Crippen molar-refractivity contribution in [2.75, 3.05) is 11.9 Å². The van der Waals surface area contributed by atoms with E-state index < -0.39 is 0 Å². The van der Waals surface area contributed by atoms with Crippen LogP contribution in [0, 0.1) is 0 Å². The molecule has 0 spiro atoms. The maximum absolute atomic E-state index is 7.87. The van der Waals surface area contributed by atoms with Gasteiger partial charge in [0.25, 0.3) is 0 Å². The zero-order chi connectivity index (χ0) is 6.95. The molecule has 0 unspecified atom stereocenters. The van der Waals surface area contributed by atoms with E-state index in [9.17, 15) is 0 Å². The average molecular weight is 192 g/mol. The molecular formula is C5H10BrN3. The van der Waals surface area contributed by atoms with E-state index in [2.05, 4.69) is 26.0 Å².